The van der Waals surface area contributed by atoms with Crippen LogP contribution in [0.15, 0.2) is 30.5 Å². The molecule has 0 bridgehead atoms. The van der Waals surface area contributed by atoms with Crippen molar-refractivity contribution in [1.29, 1.82) is 0 Å². The van der Waals surface area contributed by atoms with Gasteiger partial charge < -0.3 is 5.11 Å². The number of hydrogen-bond donors (Lipinski definition) is 1. The molecule has 0 spiro atoms. The van der Waals surface area contributed by atoms with Gasteiger partial charge in [-0.25, -0.2) is 4.39 Å². The van der Waals surface area contributed by atoms with E-state index in [9.17, 15) is 9.50 Å². The summed E-state index contributed by atoms with van der Waals surface area (Å²) < 4.78 is 15.5. The molecule has 0 amide bonds. The summed E-state index contributed by atoms with van der Waals surface area (Å²) in [6, 6.07) is 6.72. The number of nitrogens with zero attached hydrogens (tertiary/aromatic N) is 2. The SMILES string of the molecule is CCn1nccc1C(O)c1cccc(C)c1F. The van der Waals surface area contributed by atoms with Crippen molar-refractivity contribution in [2.45, 2.75) is 26.5 Å². The lowest BCUT2D eigenvalue weighted by Crippen LogP contribution is -2.10. The van der Waals surface area contributed by atoms with Gasteiger partial charge in [0.1, 0.15) is 11.9 Å². The quantitative estimate of drug-likeness (QED) is 0.885. The third-order valence-electron chi connectivity index (χ3n) is 2.85. The van der Waals surface area contributed by atoms with Gasteiger partial charge in [-0.3, -0.25) is 4.68 Å². The molecular formula is C13H15FN2O. The Morgan fingerprint density at radius 3 is 2.88 bits per heavy atom. The molecule has 0 radical (unpaired) electrons. The zero-order chi connectivity index (χ0) is 12.4. The van der Waals surface area contributed by atoms with Crippen molar-refractivity contribution < 1.29 is 9.50 Å². The van der Waals surface area contributed by atoms with Crippen LogP contribution in [0.1, 0.15) is 29.8 Å². The number of benzene rings is 1. The lowest BCUT2D eigenvalue weighted by atomic mass is 10.0. The van der Waals surface area contributed by atoms with Gasteiger partial charge in [-0.2, -0.15) is 5.10 Å². The molecule has 17 heavy (non-hydrogen) atoms. The topological polar surface area (TPSA) is 38.0 Å². The zero-order valence-corrected chi connectivity index (χ0v) is 9.89. The van der Waals surface area contributed by atoms with Gasteiger partial charge in [0.2, 0.25) is 0 Å². The molecule has 0 fully saturated rings. The molecule has 0 aliphatic rings. The van der Waals surface area contributed by atoms with E-state index in [1.807, 2.05) is 6.92 Å². The molecule has 3 nitrogen and oxygen atoms in total. The lowest BCUT2D eigenvalue weighted by molar-refractivity contribution is 0.203. The van der Waals surface area contributed by atoms with E-state index in [-0.39, 0.29) is 5.82 Å². The average molecular weight is 234 g/mol. The summed E-state index contributed by atoms with van der Waals surface area (Å²) in [6.07, 6.45) is 0.632. The van der Waals surface area contributed by atoms with E-state index in [2.05, 4.69) is 5.10 Å². The molecule has 1 N–H and O–H groups in total. The summed E-state index contributed by atoms with van der Waals surface area (Å²) in [5.74, 6) is -0.358. The normalized spacial score (nSPS) is 12.7. The number of aliphatic hydroxyl groups excluding tert-OH is 1. The molecule has 0 saturated carbocycles. The van der Waals surface area contributed by atoms with Crippen LogP contribution in [0.3, 0.4) is 0 Å². The number of halogens is 1. The van der Waals surface area contributed by atoms with Crippen molar-refractivity contribution in [3.8, 4) is 0 Å². The van der Waals surface area contributed by atoms with E-state index in [1.165, 1.54) is 0 Å². The predicted octanol–water partition coefficient (Wildman–Crippen LogP) is 2.43. The van der Waals surface area contributed by atoms with E-state index in [0.29, 0.717) is 23.4 Å². The second-order valence-electron chi connectivity index (χ2n) is 3.95. The summed E-state index contributed by atoms with van der Waals surface area (Å²) in [6.45, 7) is 4.26. The van der Waals surface area contributed by atoms with E-state index < -0.39 is 6.10 Å². The Hall–Kier alpha value is -1.68. The Morgan fingerprint density at radius 1 is 1.41 bits per heavy atom. The fraction of sp³-hybridized carbons (Fsp3) is 0.308. The lowest BCUT2D eigenvalue weighted by Gasteiger charge is -2.14. The third-order valence-corrected chi connectivity index (χ3v) is 2.85. The summed E-state index contributed by atoms with van der Waals surface area (Å²) in [4.78, 5) is 0. The van der Waals surface area contributed by atoms with Crippen LogP contribution in [0.4, 0.5) is 4.39 Å². The highest BCUT2D eigenvalue weighted by Gasteiger charge is 2.19. The molecule has 4 heteroatoms. The molecule has 90 valence electrons. The van der Waals surface area contributed by atoms with Gasteiger partial charge in [-0.15, -0.1) is 0 Å². The Morgan fingerprint density at radius 2 is 2.18 bits per heavy atom. The van der Waals surface area contributed by atoms with Crippen molar-refractivity contribution in [2.24, 2.45) is 0 Å². The number of aliphatic hydroxyl groups is 1. The number of hydrogen-bond acceptors (Lipinski definition) is 2. The maximum Gasteiger partial charge on any atom is 0.132 e. The van der Waals surface area contributed by atoms with Crippen LogP contribution in [0, 0.1) is 12.7 Å². The van der Waals surface area contributed by atoms with Crippen molar-refractivity contribution in [1.82, 2.24) is 9.78 Å². The van der Waals surface area contributed by atoms with Gasteiger partial charge >= 0.3 is 0 Å². The van der Waals surface area contributed by atoms with Crippen LogP contribution < -0.4 is 0 Å². The highest BCUT2D eigenvalue weighted by atomic mass is 19.1. The summed E-state index contributed by atoms with van der Waals surface area (Å²) >= 11 is 0. The fourth-order valence-corrected chi connectivity index (χ4v) is 1.88. The highest BCUT2D eigenvalue weighted by molar-refractivity contribution is 5.31. The smallest absolute Gasteiger partial charge is 0.132 e. The van der Waals surface area contributed by atoms with E-state index in [0.717, 1.165) is 0 Å². The standard InChI is InChI=1S/C13H15FN2O/c1-3-16-11(7-8-15-16)13(17)10-6-4-5-9(2)12(10)14/h4-8,13,17H,3H2,1-2H3. The van der Waals surface area contributed by atoms with Gasteiger partial charge in [0, 0.05) is 18.3 Å². The van der Waals surface area contributed by atoms with E-state index in [1.54, 1.807) is 42.1 Å². The van der Waals surface area contributed by atoms with E-state index >= 15 is 0 Å². The molecule has 1 aromatic heterocycles. The second kappa shape index (κ2) is 4.67. The van der Waals surface area contributed by atoms with Gasteiger partial charge in [0.15, 0.2) is 0 Å². The van der Waals surface area contributed by atoms with Crippen LogP contribution in [0.25, 0.3) is 0 Å². The molecule has 1 atom stereocenters. The van der Waals surface area contributed by atoms with Gasteiger partial charge in [-0.05, 0) is 25.5 Å². The monoisotopic (exact) mass is 234 g/mol. The first-order valence-electron chi connectivity index (χ1n) is 5.60. The number of aryl methyl sites for hydroxylation is 2. The minimum absolute atomic E-state index is 0.292. The average Bonchev–Trinajstić information content (AvgIpc) is 2.80. The van der Waals surface area contributed by atoms with Crippen molar-refractivity contribution >= 4 is 0 Å². The molecule has 0 aliphatic heterocycles. The Bertz CT molecular complexity index is 522. The van der Waals surface area contributed by atoms with Crippen molar-refractivity contribution in [2.75, 3.05) is 0 Å². The van der Waals surface area contributed by atoms with Crippen molar-refractivity contribution in [3.05, 3.63) is 53.1 Å². The number of aromatic nitrogens is 2. The van der Waals surface area contributed by atoms with E-state index in [4.69, 9.17) is 0 Å². The Labute approximate surface area is 99.5 Å². The molecule has 1 unspecified atom stereocenters. The van der Waals surface area contributed by atoms with Crippen LogP contribution >= 0.6 is 0 Å². The molecule has 2 aromatic rings. The van der Waals surface area contributed by atoms with Gasteiger partial charge in [-0.1, -0.05) is 18.2 Å². The molecule has 0 saturated heterocycles. The maximum atomic E-state index is 13.9. The Kier molecular flexibility index (Phi) is 3.24. The zero-order valence-electron chi connectivity index (χ0n) is 9.89. The minimum atomic E-state index is -0.975. The first-order valence-corrected chi connectivity index (χ1v) is 5.60. The molecular weight excluding hydrogens is 219 g/mol. The molecule has 2 rings (SSSR count). The highest BCUT2D eigenvalue weighted by Crippen LogP contribution is 2.25. The van der Waals surface area contributed by atoms with Crippen molar-refractivity contribution in [3.63, 3.8) is 0 Å². The first-order chi connectivity index (χ1) is 8.15. The fourth-order valence-electron chi connectivity index (χ4n) is 1.88. The van der Waals surface area contributed by atoms with Gasteiger partial charge in [0.05, 0.1) is 5.69 Å². The van der Waals surface area contributed by atoms with Gasteiger partial charge in [0.25, 0.3) is 0 Å². The number of rotatable bonds is 3. The summed E-state index contributed by atoms with van der Waals surface area (Å²) in [5, 5.41) is 14.3. The summed E-state index contributed by atoms with van der Waals surface area (Å²) in [7, 11) is 0. The first kappa shape index (κ1) is 11.8. The van der Waals surface area contributed by atoms with Crippen LogP contribution in [-0.4, -0.2) is 14.9 Å². The van der Waals surface area contributed by atoms with Crippen LogP contribution in [0.2, 0.25) is 0 Å². The largest absolute Gasteiger partial charge is 0.382 e. The predicted molar refractivity (Wildman–Crippen MR) is 63.1 cm³/mol. The van der Waals surface area contributed by atoms with Crippen LogP contribution in [0.5, 0.6) is 0 Å². The molecule has 0 aliphatic carbocycles. The Balaban J connectivity index is 2.44. The third kappa shape index (κ3) is 2.08. The molecule has 1 heterocycles. The maximum absolute atomic E-state index is 13.9. The molecule has 1 aromatic carbocycles. The van der Waals surface area contributed by atoms with Crippen LogP contribution in [-0.2, 0) is 6.54 Å². The summed E-state index contributed by atoms with van der Waals surface area (Å²) in [5.41, 5.74) is 1.43. The second-order valence-corrected chi connectivity index (χ2v) is 3.95. The minimum Gasteiger partial charge on any atom is -0.382 e.